The van der Waals surface area contributed by atoms with Crippen LogP contribution >= 0.6 is 10.7 Å². The zero-order valence-corrected chi connectivity index (χ0v) is 12.1. The fourth-order valence-electron chi connectivity index (χ4n) is 1.94. The van der Waals surface area contributed by atoms with E-state index in [1.807, 2.05) is 42.5 Å². The molecule has 0 fully saturated rings. The van der Waals surface area contributed by atoms with Gasteiger partial charge in [-0.05, 0) is 11.5 Å². The molecule has 2 aromatic carbocycles. The molecule has 102 valence electrons. The van der Waals surface area contributed by atoms with Crippen molar-refractivity contribution < 1.29 is 13.2 Å². The molecule has 0 N–H and O–H groups in total. The average Bonchev–Trinajstić information content (AvgIpc) is 2.34. The molecule has 0 saturated carbocycles. The zero-order valence-electron chi connectivity index (χ0n) is 10.5. The Kier molecular flexibility index (Phi) is 4.32. The fraction of sp³-hybridized carbons (Fsp3) is 0.286. The third-order valence-electron chi connectivity index (χ3n) is 2.76. The Labute approximate surface area is 117 Å². The van der Waals surface area contributed by atoms with Crippen molar-refractivity contribution in [2.24, 2.45) is 5.92 Å². The van der Waals surface area contributed by atoms with Crippen molar-refractivity contribution in [1.29, 1.82) is 0 Å². The molecule has 2 aromatic rings. The zero-order chi connectivity index (χ0) is 13.9. The summed E-state index contributed by atoms with van der Waals surface area (Å²) < 4.78 is 27.7. The quantitative estimate of drug-likeness (QED) is 0.794. The molecule has 0 amide bonds. The van der Waals surface area contributed by atoms with Crippen LogP contribution in [0.2, 0.25) is 0 Å². The van der Waals surface area contributed by atoms with Crippen molar-refractivity contribution in [2.75, 3.05) is 12.4 Å². The lowest BCUT2D eigenvalue weighted by atomic mass is 10.1. The van der Waals surface area contributed by atoms with Gasteiger partial charge in [-0.25, -0.2) is 8.42 Å². The molecule has 0 aliphatic rings. The number of halogens is 1. The van der Waals surface area contributed by atoms with Crippen LogP contribution in [0.15, 0.2) is 42.5 Å². The van der Waals surface area contributed by atoms with Gasteiger partial charge in [-0.2, -0.15) is 0 Å². The normalized spacial score (nSPS) is 13.4. The average molecular weight is 299 g/mol. The summed E-state index contributed by atoms with van der Waals surface area (Å²) in [5.74, 6) is 0.526. The van der Waals surface area contributed by atoms with Gasteiger partial charge < -0.3 is 4.74 Å². The Hall–Kier alpha value is -1.26. The minimum absolute atomic E-state index is 0.0840. The van der Waals surface area contributed by atoms with Gasteiger partial charge >= 0.3 is 0 Å². The SMILES string of the molecule is CC(COc1cccc2ccccc12)CS(=O)(=O)Cl. The lowest BCUT2D eigenvalue weighted by Gasteiger charge is -2.13. The highest BCUT2D eigenvalue weighted by Crippen LogP contribution is 2.25. The van der Waals surface area contributed by atoms with Gasteiger partial charge in [0.1, 0.15) is 5.75 Å². The Morgan fingerprint density at radius 2 is 1.84 bits per heavy atom. The third kappa shape index (κ3) is 4.11. The summed E-state index contributed by atoms with van der Waals surface area (Å²) in [6, 6.07) is 13.7. The lowest BCUT2D eigenvalue weighted by Crippen LogP contribution is -2.16. The van der Waals surface area contributed by atoms with Crippen LogP contribution in [0, 0.1) is 5.92 Å². The molecule has 0 radical (unpaired) electrons. The summed E-state index contributed by atoms with van der Waals surface area (Å²) in [7, 11) is 1.74. The van der Waals surface area contributed by atoms with Crippen LogP contribution in [0.5, 0.6) is 5.75 Å². The number of ether oxygens (including phenoxy) is 1. The topological polar surface area (TPSA) is 43.4 Å². The maximum absolute atomic E-state index is 11.0. The van der Waals surface area contributed by atoms with Gasteiger partial charge in [0, 0.05) is 22.0 Å². The van der Waals surface area contributed by atoms with E-state index in [9.17, 15) is 8.42 Å². The highest BCUT2D eigenvalue weighted by atomic mass is 35.7. The van der Waals surface area contributed by atoms with Gasteiger partial charge in [0.25, 0.3) is 0 Å². The minimum Gasteiger partial charge on any atom is -0.493 e. The summed E-state index contributed by atoms with van der Waals surface area (Å²) in [5.41, 5.74) is 0. The summed E-state index contributed by atoms with van der Waals surface area (Å²) in [5, 5.41) is 2.11. The second-order valence-corrected chi connectivity index (χ2v) is 7.42. The van der Waals surface area contributed by atoms with E-state index in [0.717, 1.165) is 16.5 Å². The highest BCUT2D eigenvalue weighted by molar-refractivity contribution is 8.13. The monoisotopic (exact) mass is 298 g/mol. The Bertz CT molecular complexity index is 662. The molecule has 0 saturated heterocycles. The van der Waals surface area contributed by atoms with E-state index in [1.54, 1.807) is 6.92 Å². The van der Waals surface area contributed by atoms with Gasteiger partial charge in [0.05, 0.1) is 12.4 Å². The molecule has 19 heavy (non-hydrogen) atoms. The van der Waals surface area contributed by atoms with Gasteiger partial charge in [0.2, 0.25) is 9.05 Å². The van der Waals surface area contributed by atoms with Crippen LogP contribution in [0.4, 0.5) is 0 Å². The molecular formula is C14H15ClO3S. The first-order valence-corrected chi connectivity index (χ1v) is 8.46. The lowest BCUT2D eigenvalue weighted by molar-refractivity contribution is 0.275. The molecule has 0 bridgehead atoms. The molecule has 0 spiro atoms. The Morgan fingerprint density at radius 1 is 1.16 bits per heavy atom. The number of benzene rings is 2. The smallest absolute Gasteiger partial charge is 0.232 e. The minimum atomic E-state index is -3.48. The number of hydrogen-bond donors (Lipinski definition) is 0. The fourth-order valence-corrected chi connectivity index (χ4v) is 3.36. The largest absolute Gasteiger partial charge is 0.493 e. The van der Waals surface area contributed by atoms with E-state index in [1.165, 1.54) is 0 Å². The molecule has 1 atom stereocenters. The van der Waals surface area contributed by atoms with Crippen molar-refractivity contribution in [3.63, 3.8) is 0 Å². The third-order valence-corrected chi connectivity index (χ3v) is 4.10. The highest BCUT2D eigenvalue weighted by Gasteiger charge is 2.13. The number of fused-ring (bicyclic) bond motifs is 1. The predicted octanol–water partition coefficient (Wildman–Crippen LogP) is 3.42. The Balaban J connectivity index is 2.10. The predicted molar refractivity (Wildman–Crippen MR) is 78.2 cm³/mol. The van der Waals surface area contributed by atoms with E-state index in [4.69, 9.17) is 15.4 Å². The van der Waals surface area contributed by atoms with Crippen LogP contribution in [0.25, 0.3) is 10.8 Å². The molecule has 0 heterocycles. The number of rotatable bonds is 5. The van der Waals surface area contributed by atoms with Crippen LogP contribution < -0.4 is 4.74 Å². The van der Waals surface area contributed by atoms with Crippen molar-refractivity contribution in [3.8, 4) is 5.75 Å². The van der Waals surface area contributed by atoms with Crippen LogP contribution in [0.3, 0.4) is 0 Å². The molecule has 0 aromatic heterocycles. The first-order chi connectivity index (χ1) is 8.96. The molecule has 5 heteroatoms. The first kappa shape index (κ1) is 14.2. The van der Waals surface area contributed by atoms with Crippen LogP contribution in [0.1, 0.15) is 6.92 Å². The van der Waals surface area contributed by atoms with E-state index >= 15 is 0 Å². The van der Waals surface area contributed by atoms with Crippen molar-refractivity contribution in [1.82, 2.24) is 0 Å². The summed E-state index contributed by atoms with van der Waals surface area (Å²) in [6.45, 7) is 2.12. The van der Waals surface area contributed by atoms with E-state index < -0.39 is 9.05 Å². The maximum Gasteiger partial charge on any atom is 0.232 e. The first-order valence-electron chi connectivity index (χ1n) is 5.98. The van der Waals surface area contributed by atoms with Gasteiger partial charge in [-0.3, -0.25) is 0 Å². The van der Waals surface area contributed by atoms with Crippen molar-refractivity contribution in [3.05, 3.63) is 42.5 Å². The maximum atomic E-state index is 11.0. The van der Waals surface area contributed by atoms with E-state index in [0.29, 0.717) is 6.61 Å². The Morgan fingerprint density at radius 3 is 2.58 bits per heavy atom. The second kappa shape index (κ2) is 5.80. The van der Waals surface area contributed by atoms with Crippen molar-refractivity contribution in [2.45, 2.75) is 6.92 Å². The van der Waals surface area contributed by atoms with Gasteiger partial charge in [-0.1, -0.05) is 43.3 Å². The number of hydrogen-bond acceptors (Lipinski definition) is 3. The molecule has 3 nitrogen and oxygen atoms in total. The molecule has 0 aliphatic heterocycles. The van der Waals surface area contributed by atoms with E-state index in [2.05, 4.69) is 0 Å². The summed E-state index contributed by atoms with van der Waals surface area (Å²) in [4.78, 5) is 0. The van der Waals surface area contributed by atoms with Gasteiger partial charge in [0.15, 0.2) is 0 Å². The van der Waals surface area contributed by atoms with Crippen LogP contribution in [-0.4, -0.2) is 20.8 Å². The van der Waals surface area contributed by atoms with Crippen molar-refractivity contribution >= 4 is 30.5 Å². The summed E-state index contributed by atoms with van der Waals surface area (Å²) >= 11 is 0. The van der Waals surface area contributed by atoms with E-state index in [-0.39, 0.29) is 11.7 Å². The van der Waals surface area contributed by atoms with Gasteiger partial charge in [-0.15, -0.1) is 0 Å². The molecular weight excluding hydrogens is 284 g/mol. The summed E-state index contributed by atoms with van der Waals surface area (Å²) in [6.07, 6.45) is 0. The molecule has 0 aliphatic carbocycles. The second-order valence-electron chi connectivity index (χ2n) is 4.60. The van der Waals surface area contributed by atoms with Crippen LogP contribution in [-0.2, 0) is 9.05 Å². The standard InChI is InChI=1S/C14H15ClO3S/c1-11(10-19(15,16)17)9-18-14-8-4-6-12-5-2-3-7-13(12)14/h2-8,11H,9-10H2,1H3. The molecule has 2 rings (SSSR count). The molecule has 1 unspecified atom stereocenters.